The lowest BCUT2D eigenvalue weighted by Crippen LogP contribution is -3.53. The lowest BCUT2D eigenvalue weighted by molar-refractivity contribution is -1.10. The molecule has 23 rings (SSSR count). The Hall–Kier alpha value is 0. The molecule has 30 atom stereocenters. The number of rotatable bonds is 0. The van der Waals surface area contributed by atoms with Gasteiger partial charge in [-0.2, -0.15) is 0 Å². The first-order chi connectivity index (χ1) is 17.3. The zero-order valence-electron chi connectivity index (χ0n) is 20.0. The Morgan fingerprint density at radius 1 is 0.343 bits per heavy atom. The van der Waals surface area contributed by atoms with Gasteiger partial charge in [0.05, 0.1) is 0 Å². The Bertz CT molecular complexity index is 1960. The second-order valence-electron chi connectivity index (χ2n) is 22.0. The number of hydrogen-bond donors (Lipinski definition) is 0. The van der Waals surface area contributed by atoms with Crippen LogP contribution in [0.15, 0.2) is 0 Å². The summed E-state index contributed by atoms with van der Waals surface area (Å²) in [4.78, 5) is 0. The van der Waals surface area contributed by atoms with Gasteiger partial charge in [-0.25, -0.2) is 0 Å². The largest absolute Gasteiger partial charge is 0.0579 e. The van der Waals surface area contributed by atoms with Gasteiger partial charge in [-0.1, -0.05) is 6.92 Å². The summed E-state index contributed by atoms with van der Waals surface area (Å²) in [6, 6.07) is 0. The Kier molecular flexibility index (Phi) is 0.682. The van der Waals surface area contributed by atoms with Crippen LogP contribution < -0.4 is 0 Å². The van der Waals surface area contributed by atoms with Gasteiger partial charge in [0.25, 0.3) is 0 Å². The van der Waals surface area contributed by atoms with Crippen LogP contribution in [0.5, 0.6) is 0 Å². The van der Waals surface area contributed by atoms with Crippen LogP contribution in [0.3, 0.4) is 0 Å². The second-order valence-corrected chi connectivity index (χ2v) is 22.0. The normalized spacial score (nSPS) is 131. The van der Waals surface area contributed by atoms with Crippen molar-refractivity contribution in [2.24, 2.45) is 170 Å². The number of fused-ring (bicyclic) bond motifs is 11. The highest BCUT2D eigenvalue weighted by Crippen LogP contribution is 3.59. The van der Waals surface area contributed by atoms with Crippen LogP contribution in [0.1, 0.15) is 32.6 Å². The van der Waals surface area contributed by atoms with Crippen molar-refractivity contribution in [2.75, 3.05) is 0 Å². The van der Waals surface area contributed by atoms with Gasteiger partial charge >= 0.3 is 0 Å². The van der Waals surface area contributed by atoms with Crippen LogP contribution in [-0.2, 0) is 0 Å². The second kappa shape index (κ2) is 1.92. The fourth-order valence-corrected chi connectivity index (χ4v) is 35.9. The van der Waals surface area contributed by atoms with E-state index in [0.717, 1.165) is 81.2 Å². The Morgan fingerprint density at radius 3 is 1.43 bits per heavy atom. The van der Waals surface area contributed by atoms with Gasteiger partial charge in [0.15, 0.2) is 0 Å². The summed E-state index contributed by atoms with van der Waals surface area (Å²) in [5, 5.41) is 0. The quantitative estimate of drug-likeness (QED) is 0.529. The molecule has 0 bridgehead atoms. The van der Waals surface area contributed by atoms with E-state index in [9.17, 15) is 0 Å². The van der Waals surface area contributed by atoms with Crippen LogP contribution >= 0.6 is 0 Å². The van der Waals surface area contributed by atoms with Gasteiger partial charge in [0.1, 0.15) is 0 Å². The summed E-state index contributed by atoms with van der Waals surface area (Å²) < 4.78 is 0. The van der Waals surface area contributed by atoms with Crippen molar-refractivity contribution < 1.29 is 0 Å². The van der Waals surface area contributed by atoms with Crippen molar-refractivity contribution in [3.63, 3.8) is 0 Å². The molecule has 35 heavy (non-hydrogen) atoms. The Balaban J connectivity index is 1.07. The molecule has 14 spiro atoms. The zero-order chi connectivity index (χ0) is 20.0. The summed E-state index contributed by atoms with van der Waals surface area (Å²) in [5.41, 5.74) is 16.1. The van der Waals surface area contributed by atoms with E-state index in [-0.39, 0.29) is 0 Å². The van der Waals surface area contributed by atoms with Crippen LogP contribution in [0.2, 0.25) is 0 Å². The monoisotopic (exact) mass is 446 g/mol. The first-order valence-corrected chi connectivity index (χ1v) is 17.3. The lowest BCUT2D eigenvalue weighted by Gasteiger charge is -3.55. The summed E-state index contributed by atoms with van der Waals surface area (Å²) in [6.45, 7) is 3.19. The van der Waals surface area contributed by atoms with Crippen molar-refractivity contribution in [3.8, 4) is 0 Å². The third-order valence-corrected chi connectivity index (χ3v) is 28.9. The standard InChI is InChI=1S/C35H26/c1-21-22-6-2-10(22)16-17-11-3-8-15-9-5-13-19-20-18-12-4-7-14(6)27(22)23(7,12)30(18)32(20)31(19)25(9,13)28(15)24(8,11)29(17)26(16,21)35(32,33(21,27)30)34(28,29)31/h6-20H,2-5H2,1H3. The van der Waals surface area contributed by atoms with Crippen LogP contribution in [-0.4, -0.2) is 0 Å². The van der Waals surface area contributed by atoms with Gasteiger partial charge in [-0.3, -0.25) is 0 Å². The van der Waals surface area contributed by atoms with Crippen LogP contribution in [0, 0.1) is 170 Å². The van der Waals surface area contributed by atoms with Crippen molar-refractivity contribution >= 4 is 0 Å². The van der Waals surface area contributed by atoms with E-state index in [1.807, 2.05) is 6.42 Å². The highest BCUT2D eigenvalue weighted by molar-refractivity contribution is 6.02. The highest BCUT2D eigenvalue weighted by Gasteiger charge is 3.58. The highest BCUT2D eigenvalue weighted by atomic mass is 15.6. The van der Waals surface area contributed by atoms with E-state index >= 15 is 0 Å². The van der Waals surface area contributed by atoms with Crippen molar-refractivity contribution in [2.45, 2.75) is 32.6 Å². The number of hydrogen-bond acceptors (Lipinski definition) is 0. The average molecular weight is 447 g/mol. The molecule has 0 heterocycles. The molecule has 0 radical (unpaired) electrons. The van der Waals surface area contributed by atoms with E-state index in [4.69, 9.17) is 0 Å². The van der Waals surface area contributed by atoms with E-state index in [1.54, 1.807) is 19.3 Å². The molecule has 0 aromatic heterocycles. The molecule has 0 saturated heterocycles. The molecule has 166 valence electrons. The smallest absolute Gasteiger partial charge is 0.000783 e. The molecule has 0 heteroatoms. The third kappa shape index (κ3) is 0.287. The van der Waals surface area contributed by atoms with Gasteiger partial charge < -0.3 is 0 Å². The summed E-state index contributed by atoms with van der Waals surface area (Å²) in [7, 11) is 0. The minimum Gasteiger partial charge on any atom is -0.0579 e. The Morgan fingerprint density at radius 2 is 0.771 bits per heavy atom. The maximum atomic E-state index is 3.19. The van der Waals surface area contributed by atoms with E-state index < -0.39 is 0 Å². The van der Waals surface area contributed by atoms with E-state index in [2.05, 4.69) is 6.92 Å². The molecule has 23 saturated carbocycles. The van der Waals surface area contributed by atoms with E-state index in [1.165, 1.54) is 88.8 Å². The summed E-state index contributed by atoms with van der Waals surface area (Å²) in [5.74, 6) is 20.2. The molecule has 0 N–H and O–H groups in total. The minimum atomic E-state index is 0.961. The molecule has 23 aliphatic carbocycles. The average Bonchev–Trinajstić information content (AvgIpc) is 2.85. The molecule has 0 nitrogen and oxygen atoms in total. The maximum Gasteiger partial charge on any atom is -0.000783 e. The van der Waals surface area contributed by atoms with E-state index in [0.29, 0.717) is 0 Å². The molecule has 23 aliphatic rings. The molecule has 23 fully saturated rings. The summed E-state index contributed by atoms with van der Waals surface area (Å²) >= 11 is 0. The lowest BCUT2D eigenvalue weighted by atomic mass is 8.48. The van der Waals surface area contributed by atoms with Gasteiger partial charge in [-0.05, 0) is 196 Å². The minimum absolute atomic E-state index is 0.961. The third-order valence-electron chi connectivity index (χ3n) is 28.9. The summed E-state index contributed by atoms with van der Waals surface area (Å²) in [6.07, 6.45) is 7.21. The van der Waals surface area contributed by atoms with Crippen LogP contribution in [0.4, 0.5) is 0 Å². The molecule has 0 aromatic carbocycles. The topological polar surface area (TPSA) is 0 Å². The Labute approximate surface area is 202 Å². The fourth-order valence-electron chi connectivity index (χ4n) is 35.9. The van der Waals surface area contributed by atoms with Gasteiger partial charge in [-0.15, -0.1) is 0 Å². The van der Waals surface area contributed by atoms with Gasteiger partial charge in [0.2, 0.25) is 0 Å². The van der Waals surface area contributed by atoms with Crippen molar-refractivity contribution in [3.05, 3.63) is 0 Å². The van der Waals surface area contributed by atoms with Gasteiger partial charge in [0, 0.05) is 0 Å². The molecule has 30 unspecified atom stereocenters. The first kappa shape index (κ1) is 12.5. The molecule has 0 aliphatic heterocycles. The predicted octanol–water partition coefficient (Wildman–Crippen LogP) is 3.92. The maximum absolute atomic E-state index is 3.19. The van der Waals surface area contributed by atoms with Crippen molar-refractivity contribution in [1.29, 1.82) is 0 Å². The first-order valence-electron chi connectivity index (χ1n) is 17.3. The SMILES string of the molecule is CC12C34C5CC3C3C6C7CC8C9C%10CC%11C%12C%13C%14C%15CC%16C5C45C%16%15C%144C%13%14C%12%13C%10%11C9%10C87C67C31C%14(C254)C%107%13. The fraction of sp³-hybridized carbons (Fsp3) is 1.00. The van der Waals surface area contributed by atoms with Crippen LogP contribution in [0.25, 0.3) is 0 Å². The zero-order valence-corrected chi connectivity index (χ0v) is 20.0. The molecule has 0 aromatic rings. The molecular weight excluding hydrogens is 420 g/mol. The van der Waals surface area contributed by atoms with Crippen molar-refractivity contribution in [1.82, 2.24) is 0 Å². The molecule has 0 amide bonds. The molecular formula is C35H26. The predicted molar refractivity (Wildman–Crippen MR) is 113 cm³/mol.